The number of fused-ring (bicyclic) bond motifs is 1. The summed E-state index contributed by atoms with van der Waals surface area (Å²) in [4.78, 5) is 12.6. The second kappa shape index (κ2) is 5.88. The smallest absolute Gasteiger partial charge is 0.153 e. The number of nitrogens with one attached hydrogen (secondary N) is 2. The maximum Gasteiger partial charge on any atom is 0.153 e. The highest BCUT2D eigenvalue weighted by atomic mass is 16.5. The number of ether oxygens (including phenoxy) is 1. The number of nitrogens with zero attached hydrogens (tertiary/aromatic N) is 3. The lowest BCUT2D eigenvalue weighted by molar-refractivity contribution is 0.0836. The molecule has 3 aromatic rings. The number of aryl methyl sites for hydroxylation is 2. The van der Waals surface area contributed by atoms with E-state index in [1.165, 1.54) is 0 Å². The quantitative estimate of drug-likeness (QED) is 0.774. The van der Waals surface area contributed by atoms with Gasteiger partial charge in [-0.3, -0.25) is 5.10 Å². The van der Waals surface area contributed by atoms with Gasteiger partial charge in [-0.25, -0.2) is 9.97 Å². The van der Waals surface area contributed by atoms with Crippen LogP contribution >= 0.6 is 0 Å². The van der Waals surface area contributed by atoms with E-state index in [1.807, 2.05) is 24.3 Å². The van der Waals surface area contributed by atoms with Gasteiger partial charge in [-0.15, -0.1) is 0 Å². The largest absolute Gasteiger partial charge is 0.381 e. The molecule has 0 radical (unpaired) electrons. The predicted molar refractivity (Wildman–Crippen MR) is 82.7 cm³/mol. The summed E-state index contributed by atoms with van der Waals surface area (Å²) in [6, 6.07) is 8.08. The number of hydrogen-bond donors (Lipinski definition) is 2. The summed E-state index contributed by atoms with van der Waals surface area (Å²) in [6.45, 7) is 1.63. The summed E-state index contributed by atoms with van der Waals surface area (Å²) in [5.41, 5.74) is 2.09. The van der Waals surface area contributed by atoms with Gasteiger partial charge < -0.3 is 9.72 Å². The number of aromatic nitrogens is 5. The zero-order chi connectivity index (χ0) is 14.8. The Bertz CT molecular complexity index is 724. The molecule has 2 aromatic heterocycles. The first-order chi connectivity index (χ1) is 10.9. The zero-order valence-electron chi connectivity index (χ0n) is 12.4. The number of H-pyrrole nitrogens is 2. The minimum Gasteiger partial charge on any atom is -0.381 e. The average Bonchev–Trinajstić information content (AvgIpc) is 3.20. The van der Waals surface area contributed by atoms with Crippen molar-refractivity contribution in [1.29, 1.82) is 0 Å². The van der Waals surface area contributed by atoms with Crippen molar-refractivity contribution in [2.45, 2.75) is 31.6 Å². The van der Waals surface area contributed by atoms with E-state index in [2.05, 4.69) is 25.1 Å². The van der Waals surface area contributed by atoms with Gasteiger partial charge in [-0.05, 0) is 25.0 Å². The van der Waals surface area contributed by atoms with Gasteiger partial charge in [-0.1, -0.05) is 12.1 Å². The van der Waals surface area contributed by atoms with Crippen LogP contribution in [0.15, 0.2) is 24.3 Å². The van der Waals surface area contributed by atoms with E-state index in [9.17, 15) is 0 Å². The minimum absolute atomic E-state index is 0.435. The monoisotopic (exact) mass is 297 g/mol. The molecule has 0 spiro atoms. The average molecular weight is 297 g/mol. The molecule has 1 saturated heterocycles. The summed E-state index contributed by atoms with van der Waals surface area (Å²) in [5.74, 6) is 3.29. The van der Waals surface area contributed by atoms with Crippen molar-refractivity contribution in [3.63, 3.8) is 0 Å². The molecule has 0 amide bonds. The number of hydrogen-bond acceptors (Lipinski definition) is 4. The highest BCUT2D eigenvalue weighted by Crippen LogP contribution is 2.23. The maximum atomic E-state index is 5.38. The molecule has 0 saturated carbocycles. The molecule has 0 bridgehead atoms. The van der Waals surface area contributed by atoms with E-state index in [4.69, 9.17) is 4.74 Å². The molecule has 3 heterocycles. The molecule has 0 aliphatic carbocycles. The summed E-state index contributed by atoms with van der Waals surface area (Å²) >= 11 is 0. The first-order valence-corrected chi connectivity index (χ1v) is 7.81. The van der Waals surface area contributed by atoms with Crippen LogP contribution in [0, 0.1) is 0 Å². The van der Waals surface area contributed by atoms with Crippen LogP contribution in [0.1, 0.15) is 36.2 Å². The van der Waals surface area contributed by atoms with Crippen LogP contribution in [0.4, 0.5) is 0 Å². The second-order valence-electron chi connectivity index (χ2n) is 5.73. The molecule has 0 unspecified atom stereocenters. The number of para-hydroxylation sites is 2. The van der Waals surface area contributed by atoms with Crippen molar-refractivity contribution >= 4 is 11.0 Å². The van der Waals surface area contributed by atoms with Gasteiger partial charge in [0.1, 0.15) is 11.6 Å². The van der Waals surface area contributed by atoms with Crippen LogP contribution in [0.3, 0.4) is 0 Å². The van der Waals surface area contributed by atoms with Crippen LogP contribution < -0.4 is 0 Å². The Morgan fingerprint density at radius 2 is 1.86 bits per heavy atom. The molecule has 1 aliphatic heterocycles. The lowest BCUT2D eigenvalue weighted by Crippen LogP contribution is -2.15. The van der Waals surface area contributed by atoms with Gasteiger partial charge in [0.15, 0.2) is 5.82 Å². The third kappa shape index (κ3) is 2.74. The third-order valence-electron chi connectivity index (χ3n) is 4.17. The Morgan fingerprint density at radius 1 is 1.05 bits per heavy atom. The van der Waals surface area contributed by atoms with E-state index >= 15 is 0 Å². The van der Waals surface area contributed by atoms with Crippen LogP contribution in [-0.2, 0) is 17.6 Å². The summed E-state index contributed by atoms with van der Waals surface area (Å²) in [6.07, 6.45) is 3.68. The Balaban J connectivity index is 1.42. The molecule has 2 N–H and O–H groups in total. The first kappa shape index (κ1) is 13.5. The lowest BCUT2D eigenvalue weighted by atomic mass is 10.00. The molecule has 1 aromatic carbocycles. The first-order valence-electron chi connectivity index (χ1n) is 7.81. The van der Waals surface area contributed by atoms with Gasteiger partial charge in [0.05, 0.1) is 11.0 Å². The maximum absolute atomic E-state index is 5.38. The van der Waals surface area contributed by atoms with Gasteiger partial charge in [0, 0.05) is 32.0 Å². The minimum atomic E-state index is 0.435. The third-order valence-corrected chi connectivity index (χ3v) is 4.17. The fraction of sp³-hybridized carbons (Fsp3) is 0.438. The van der Waals surface area contributed by atoms with Crippen molar-refractivity contribution in [3.8, 4) is 0 Å². The SMILES string of the molecule is c1ccc2[nH]c(CCc3nc(C4CCOCC4)n[nH]3)nc2c1. The number of aromatic amines is 2. The van der Waals surface area contributed by atoms with Crippen molar-refractivity contribution in [2.24, 2.45) is 0 Å². The molecule has 114 valence electrons. The summed E-state index contributed by atoms with van der Waals surface area (Å²) in [7, 11) is 0. The summed E-state index contributed by atoms with van der Waals surface area (Å²) < 4.78 is 5.38. The van der Waals surface area contributed by atoms with Gasteiger partial charge in [-0.2, -0.15) is 5.10 Å². The molecule has 0 atom stereocenters. The predicted octanol–water partition coefficient (Wildman–Crippen LogP) is 2.36. The van der Waals surface area contributed by atoms with Crippen LogP contribution in [0.5, 0.6) is 0 Å². The number of benzene rings is 1. The van der Waals surface area contributed by atoms with Crippen LogP contribution in [-0.4, -0.2) is 38.4 Å². The second-order valence-corrected chi connectivity index (χ2v) is 5.73. The van der Waals surface area contributed by atoms with E-state index in [-0.39, 0.29) is 0 Å². The molecule has 1 fully saturated rings. The van der Waals surface area contributed by atoms with E-state index in [1.54, 1.807) is 0 Å². The van der Waals surface area contributed by atoms with Crippen molar-refractivity contribution in [3.05, 3.63) is 41.7 Å². The number of rotatable bonds is 4. The molecule has 1 aliphatic rings. The van der Waals surface area contributed by atoms with E-state index in [0.717, 1.165) is 67.4 Å². The molecular weight excluding hydrogens is 278 g/mol. The Kier molecular flexibility index (Phi) is 3.60. The Morgan fingerprint density at radius 3 is 2.73 bits per heavy atom. The van der Waals surface area contributed by atoms with Gasteiger partial charge in [0.25, 0.3) is 0 Å². The number of imidazole rings is 1. The van der Waals surface area contributed by atoms with Crippen molar-refractivity contribution in [2.75, 3.05) is 13.2 Å². The lowest BCUT2D eigenvalue weighted by Gasteiger charge is -2.18. The van der Waals surface area contributed by atoms with Crippen LogP contribution in [0.25, 0.3) is 11.0 Å². The molecular formula is C16H19N5O. The molecule has 6 nitrogen and oxygen atoms in total. The molecule has 4 rings (SSSR count). The fourth-order valence-electron chi connectivity index (χ4n) is 2.92. The molecule has 22 heavy (non-hydrogen) atoms. The van der Waals surface area contributed by atoms with Gasteiger partial charge in [0.2, 0.25) is 0 Å². The van der Waals surface area contributed by atoms with Crippen LogP contribution in [0.2, 0.25) is 0 Å². The van der Waals surface area contributed by atoms with Crippen molar-refractivity contribution in [1.82, 2.24) is 25.1 Å². The Hall–Kier alpha value is -2.21. The Labute approximate surface area is 128 Å². The highest BCUT2D eigenvalue weighted by Gasteiger charge is 2.20. The molecule has 6 heteroatoms. The van der Waals surface area contributed by atoms with E-state index in [0.29, 0.717) is 5.92 Å². The standard InChI is InChI=1S/C16H19N5O/c1-2-4-13-12(3-1)17-14(18-13)5-6-15-19-16(21-20-15)11-7-9-22-10-8-11/h1-4,11H,5-10H2,(H,17,18)(H,19,20,21). The van der Waals surface area contributed by atoms with Crippen molar-refractivity contribution < 1.29 is 4.74 Å². The topological polar surface area (TPSA) is 79.5 Å². The zero-order valence-corrected chi connectivity index (χ0v) is 12.4. The van der Waals surface area contributed by atoms with Gasteiger partial charge >= 0.3 is 0 Å². The normalized spacial score (nSPS) is 16.4. The van der Waals surface area contributed by atoms with E-state index < -0.39 is 0 Å². The highest BCUT2D eigenvalue weighted by molar-refractivity contribution is 5.74. The fourth-order valence-corrected chi connectivity index (χ4v) is 2.92. The summed E-state index contributed by atoms with van der Waals surface area (Å²) in [5, 5.41) is 7.44.